The van der Waals surface area contributed by atoms with Crippen molar-refractivity contribution in [3.05, 3.63) is 37.6 Å². The van der Waals surface area contributed by atoms with Crippen LogP contribution < -0.4 is 26.8 Å². The Balaban J connectivity index is 1.62. The quantitative estimate of drug-likeness (QED) is 0.308. The Morgan fingerprint density at radius 3 is 2.50 bits per heavy atom. The van der Waals surface area contributed by atoms with Gasteiger partial charge in [0.15, 0.2) is 5.75 Å². The number of anilines is 3. The lowest BCUT2D eigenvalue weighted by molar-refractivity contribution is 0.0438. The van der Waals surface area contributed by atoms with Crippen molar-refractivity contribution >= 4 is 38.7 Å². The lowest BCUT2D eigenvalue weighted by Gasteiger charge is -2.28. The molecule has 4 N–H and O–H groups in total. The van der Waals surface area contributed by atoms with Crippen LogP contribution in [-0.2, 0) is 14.8 Å². The Hall–Kier alpha value is -2.18. The summed E-state index contributed by atoms with van der Waals surface area (Å²) in [5.74, 6) is -0.606. The second kappa shape index (κ2) is 9.82. The molecule has 2 heterocycles. The highest BCUT2D eigenvalue weighted by molar-refractivity contribution is 7.89. The second-order valence-electron chi connectivity index (χ2n) is 8.68. The summed E-state index contributed by atoms with van der Waals surface area (Å²) < 4.78 is 33.5. The number of nitrogens with zero attached hydrogens (tertiary/aromatic N) is 1. The van der Waals surface area contributed by atoms with Crippen LogP contribution >= 0.6 is 11.6 Å². The molecule has 2 aliphatic heterocycles. The number of aromatic hydroxyl groups is 1. The third-order valence-electron chi connectivity index (χ3n) is 6.41. The maximum absolute atomic E-state index is 13.2. The maximum Gasteiger partial charge on any atom is 0.253 e. The minimum Gasteiger partial charge on any atom is -0.504 e. The van der Waals surface area contributed by atoms with Gasteiger partial charge >= 0.3 is 0 Å². The lowest BCUT2D eigenvalue weighted by atomic mass is 10.0. The fraction of sp³-hybridized carbons (Fsp3) is 0.545. The summed E-state index contributed by atoms with van der Waals surface area (Å²) in [6, 6.07) is 2.53. The van der Waals surface area contributed by atoms with Crippen LogP contribution in [0.15, 0.2) is 26.6 Å². The van der Waals surface area contributed by atoms with Crippen molar-refractivity contribution in [1.82, 2.24) is 9.62 Å². The smallest absolute Gasteiger partial charge is 0.253 e. The number of sulfonamides is 1. The van der Waals surface area contributed by atoms with Gasteiger partial charge in [0.05, 0.1) is 29.0 Å². The molecule has 4 rings (SSSR count). The van der Waals surface area contributed by atoms with Gasteiger partial charge in [-0.05, 0) is 38.3 Å². The van der Waals surface area contributed by atoms with Gasteiger partial charge in [0.1, 0.15) is 16.3 Å². The first-order valence-corrected chi connectivity index (χ1v) is 13.2. The number of halogens is 1. The van der Waals surface area contributed by atoms with Gasteiger partial charge in [-0.25, -0.2) is 8.42 Å². The maximum atomic E-state index is 13.2. The third-order valence-corrected chi connectivity index (χ3v) is 8.81. The molecule has 2 aromatic carbocycles. The van der Waals surface area contributed by atoms with Crippen LogP contribution in [-0.4, -0.2) is 62.3 Å². The summed E-state index contributed by atoms with van der Waals surface area (Å²) in [7, 11) is -4.08. The molecule has 34 heavy (non-hydrogen) atoms. The first kappa shape index (κ1) is 24.9. The van der Waals surface area contributed by atoms with E-state index in [4.69, 9.17) is 16.3 Å². The van der Waals surface area contributed by atoms with E-state index in [1.165, 1.54) is 16.4 Å². The molecule has 0 saturated carbocycles. The molecule has 2 saturated heterocycles. The van der Waals surface area contributed by atoms with Gasteiger partial charge in [-0.15, -0.1) is 0 Å². The molecule has 0 radical (unpaired) electrons. The van der Waals surface area contributed by atoms with Crippen LogP contribution in [0, 0.1) is 0 Å². The van der Waals surface area contributed by atoms with Gasteiger partial charge in [-0.1, -0.05) is 18.5 Å². The standard InChI is InChI=1S/C22H29ClN4O6S/c1-3-14(16-7-4-12(2)33-16)25-17-18(21(30)20(17)29)26-15-6-5-13(23)22(19(15)28)34(31,32)27-10-8-24-9-11-27/h5-6,12,14,16,24-26,28H,3-4,7-11H2,1-2H3/t12-,14-,16-/m1/s1. The number of phenols is 1. The third kappa shape index (κ3) is 4.55. The zero-order valence-corrected chi connectivity index (χ0v) is 20.6. The van der Waals surface area contributed by atoms with Crippen LogP contribution in [0.2, 0.25) is 5.02 Å². The van der Waals surface area contributed by atoms with E-state index in [1.807, 2.05) is 13.8 Å². The molecule has 12 heteroatoms. The van der Waals surface area contributed by atoms with Crippen LogP contribution in [0.5, 0.6) is 5.75 Å². The largest absolute Gasteiger partial charge is 0.504 e. The minimum absolute atomic E-state index is 0.0300. The number of hydrogen-bond donors (Lipinski definition) is 4. The predicted octanol–water partition coefficient (Wildman–Crippen LogP) is 1.74. The molecule has 0 amide bonds. The van der Waals surface area contributed by atoms with Crippen LogP contribution in [0.25, 0.3) is 0 Å². The molecule has 2 fully saturated rings. The summed E-state index contributed by atoms with van der Waals surface area (Å²) in [5.41, 5.74) is -1.39. The van der Waals surface area contributed by atoms with Crippen molar-refractivity contribution in [2.45, 2.75) is 56.3 Å². The summed E-state index contributed by atoms with van der Waals surface area (Å²) in [6.07, 6.45) is 2.48. The lowest BCUT2D eigenvalue weighted by Crippen LogP contribution is -2.46. The summed E-state index contributed by atoms with van der Waals surface area (Å²) in [5, 5.41) is 19.7. The predicted molar refractivity (Wildman–Crippen MR) is 131 cm³/mol. The van der Waals surface area contributed by atoms with Crippen LogP contribution in [0.3, 0.4) is 0 Å². The normalized spacial score (nSPS) is 22.7. The van der Waals surface area contributed by atoms with Gasteiger partial charge in [0, 0.05) is 26.2 Å². The highest BCUT2D eigenvalue weighted by atomic mass is 35.5. The molecular formula is C22H29ClN4O6S. The Bertz CT molecular complexity index is 1240. The van der Waals surface area contributed by atoms with E-state index < -0.39 is 31.5 Å². The Morgan fingerprint density at radius 2 is 1.88 bits per heavy atom. The molecule has 10 nitrogen and oxygen atoms in total. The molecule has 0 spiro atoms. The number of ether oxygens (including phenoxy) is 1. The molecule has 186 valence electrons. The molecule has 0 unspecified atom stereocenters. The van der Waals surface area contributed by atoms with Crippen molar-refractivity contribution in [1.29, 1.82) is 0 Å². The van der Waals surface area contributed by atoms with Gasteiger partial charge in [0.25, 0.3) is 10.9 Å². The number of nitrogens with one attached hydrogen (secondary N) is 3. The summed E-state index contributed by atoms with van der Waals surface area (Å²) in [4.78, 5) is 24.2. The highest BCUT2D eigenvalue weighted by Crippen LogP contribution is 2.40. The number of rotatable bonds is 8. The van der Waals surface area contributed by atoms with Gasteiger partial charge < -0.3 is 25.8 Å². The number of benzene rings is 1. The Kier molecular flexibility index (Phi) is 7.20. The van der Waals surface area contributed by atoms with Crippen LogP contribution in [0.4, 0.5) is 17.1 Å². The van der Waals surface area contributed by atoms with Gasteiger partial charge in [0.2, 0.25) is 10.0 Å². The highest BCUT2D eigenvalue weighted by Gasteiger charge is 2.34. The first-order chi connectivity index (χ1) is 16.1. The van der Waals surface area contributed by atoms with E-state index in [0.29, 0.717) is 19.5 Å². The molecule has 3 atom stereocenters. The summed E-state index contributed by atoms with van der Waals surface area (Å²) in [6.45, 7) is 5.39. The average molecular weight is 513 g/mol. The van der Waals surface area contributed by atoms with E-state index in [-0.39, 0.29) is 53.4 Å². The van der Waals surface area contributed by atoms with Crippen molar-refractivity contribution < 1.29 is 18.3 Å². The summed E-state index contributed by atoms with van der Waals surface area (Å²) >= 11 is 6.17. The monoisotopic (exact) mass is 512 g/mol. The Labute approximate surface area is 203 Å². The number of hydrogen-bond acceptors (Lipinski definition) is 9. The molecule has 2 aromatic rings. The molecule has 0 aromatic heterocycles. The molecular weight excluding hydrogens is 484 g/mol. The SMILES string of the molecule is CC[C@@H](Nc1c(Nc2ccc(Cl)c(S(=O)(=O)N3CCNCC3)c2O)c(=O)c1=O)[C@H]1CC[C@@H](C)O1. The van der Waals surface area contributed by atoms with Crippen molar-refractivity contribution in [3.63, 3.8) is 0 Å². The van der Waals surface area contributed by atoms with E-state index in [9.17, 15) is 23.1 Å². The van der Waals surface area contributed by atoms with Gasteiger partial charge in [-0.3, -0.25) is 9.59 Å². The minimum atomic E-state index is -4.08. The van der Waals surface area contributed by atoms with E-state index in [0.717, 1.165) is 12.8 Å². The van der Waals surface area contributed by atoms with Crippen LogP contribution in [0.1, 0.15) is 33.1 Å². The zero-order chi connectivity index (χ0) is 24.6. The Morgan fingerprint density at radius 1 is 1.21 bits per heavy atom. The molecule has 0 bridgehead atoms. The topological polar surface area (TPSA) is 137 Å². The van der Waals surface area contributed by atoms with Crippen molar-refractivity contribution in [3.8, 4) is 5.75 Å². The van der Waals surface area contributed by atoms with E-state index >= 15 is 0 Å². The average Bonchev–Trinajstić information content (AvgIpc) is 3.26. The van der Waals surface area contributed by atoms with Gasteiger partial charge in [-0.2, -0.15) is 4.31 Å². The molecule has 2 aliphatic rings. The van der Waals surface area contributed by atoms with E-state index in [2.05, 4.69) is 16.0 Å². The fourth-order valence-corrected chi connectivity index (χ4v) is 6.50. The van der Waals surface area contributed by atoms with E-state index in [1.54, 1.807) is 0 Å². The first-order valence-electron chi connectivity index (χ1n) is 11.4. The zero-order valence-electron chi connectivity index (χ0n) is 19.1. The molecule has 0 aliphatic carbocycles. The number of phenolic OH excluding ortho intramolecular Hbond substituents is 1. The number of piperazine rings is 1. The second-order valence-corrected chi connectivity index (χ2v) is 11.0. The van der Waals surface area contributed by atoms with Crippen molar-refractivity contribution in [2.24, 2.45) is 0 Å². The van der Waals surface area contributed by atoms with Crippen molar-refractivity contribution in [2.75, 3.05) is 36.8 Å². The fourth-order valence-electron chi connectivity index (χ4n) is 4.46.